The van der Waals surface area contributed by atoms with E-state index in [4.69, 9.17) is 5.11 Å². The molecular weight excluding hydrogens is 276 g/mol. The van der Waals surface area contributed by atoms with E-state index in [0.29, 0.717) is 5.65 Å². The molecule has 0 saturated carbocycles. The lowest BCUT2D eigenvalue weighted by atomic mass is 10.2. The number of nitrogens with zero attached hydrogens (tertiary/aromatic N) is 3. The molecule has 0 aliphatic carbocycles. The van der Waals surface area contributed by atoms with Crippen LogP contribution in [0.5, 0.6) is 0 Å². The van der Waals surface area contributed by atoms with E-state index in [1.165, 1.54) is 13.3 Å². The van der Waals surface area contributed by atoms with Crippen LogP contribution in [0, 0.1) is 6.92 Å². The van der Waals surface area contributed by atoms with Crippen LogP contribution in [-0.2, 0) is 16.6 Å². The van der Waals surface area contributed by atoms with Crippen molar-refractivity contribution in [2.75, 3.05) is 13.7 Å². The molecule has 8 heteroatoms. The maximum atomic E-state index is 12.1. The zero-order valence-corrected chi connectivity index (χ0v) is 12.0. The smallest absolute Gasteiger partial charge is 0.330 e. The van der Waals surface area contributed by atoms with Crippen molar-refractivity contribution in [3.8, 4) is 0 Å². The van der Waals surface area contributed by atoms with Gasteiger partial charge in [0.2, 0.25) is 0 Å². The summed E-state index contributed by atoms with van der Waals surface area (Å²) in [7, 11) is 2.95. The van der Waals surface area contributed by atoms with E-state index in [9.17, 15) is 9.59 Å². The lowest BCUT2D eigenvalue weighted by Gasteiger charge is -2.13. The summed E-state index contributed by atoms with van der Waals surface area (Å²) in [5.41, 5.74) is 1.69. The predicted octanol–water partition coefficient (Wildman–Crippen LogP) is -0.460. The van der Waals surface area contributed by atoms with E-state index >= 15 is 0 Å². The maximum absolute atomic E-state index is 12.1. The molecule has 0 bridgehead atoms. The summed E-state index contributed by atoms with van der Waals surface area (Å²) >= 11 is 0. The normalized spacial score (nSPS) is 12.2. The van der Waals surface area contributed by atoms with Gasteiger partial charge in [-0.2, -0.15) is 5.10 Å². The number of aliphatic hydroxyl groups excluding tert-OH is 1. The number of aromatic nitrogens is 3. The van der Waals surface area contributed by atoms with Crippen LogP contribution in [0.1, 0.15) is 16.1 Å². The monoisotopic (exact) mass is 292 g/mol. The van der Waals surface area contributed by atoms with Crippen molar-refractivity contribution in [3.63, 3.8) is 0 Å². The molecule has 0 aromatic carbocycles. The van der Waals surface area contributed by atoms with Crippen molar-refractivity contribution in [3.05, 3.63) is 23.5 Å². The third kappa shape index (κ3) is 2.84. The first-order valence-corrected chi connectivity index (χ1v) is 6.26. The lowest BCUT2D eigenvalue weighted by Crippen LogP contribution is -2.44. The van der Waals surface area contributed by atoms with E-state index in [0.717, 1.165) is 11.1 Å². The van der Waals surface area contributed by atoms with Crippen molar-refractivity contribution in [2.45, 2.75) is 13.0 Å². The highest BCUT2D eigenvalue weighted by atomic mass is 16.5. The molecule has 2 aromatic heterocycles. The fourth-order valence-corrected chi connectivity index (χ4v) is 2.00. The standard InChI is InChI=1S/C13H16N4O4/c1-7-9-4-8(5-14-11(9)17(2)16-7)12(19)15-10(6-18)13(20)21-3/h4-5,10,18H,6H2,1-3H3,(H,15,19). The van der Waals surface area contributed by atoms with Gasteiger partial charge in [-0.1, -0.05) is 0 Å². The van der Waals surface area contributed by atoms with Gasteiger partial charge in [0.15, 0.2) is 11.7 Å². The Morgan fingerprint density at radius 1 is 1.52 bits per heavy atom. The first-order valence-electron chi connectivity index (χ1n) is 6.26. The van der Waals surface area contributed by atoms with Crippen molar-refractivity contribution in [2.24, 2.45) is 7.05 Å². The minimum absolute atomic E-state index is 0.279. The highest BCUT2D eigenvalue weighted by Crippen LogP contribution is 2.16. The van der Waals surface area contributed by atoms with Crippen LogP contribution in [0.2, 0.25) is 0 Å². The van der Waals surface area contributed by atoms with Crippen LogP contribution in [0.3, 0.4) is 0 Å². The van der Waals surface area contributed by atoms with Crippen LogP contribution >= 0.6 is 0 Å². The number of carbonyl (C=O) groups is 2. The molecule has 2 rings (SSSR count). The molecule has 0 spiro atoms. The summed E-state index contributed by atoms with van der Waals surface area (Å²) < 4.78 is 6.11. The van der Waals surface area contributed by atoms with E-state index < -0.39 is 24.5 Å². The first kappa shape index (κ1) is 14.9. The van der Waals surface area contributed by atoms with Gasteiger partial charge in [0.25, 0.3) is 5.91 Å². The van der Waals surface area contributed by atoms with Gasteiger partial charge < -0.3 is 15.2 Å². The molecule has 2 N–H and O–H groups in total. The summed E-state index contributed by atoms with van der Waals surface area (Å²) in [6.07, 6.45) is 1.39. The van der Waals surface area contributed by atoms with Crippen molar-refractivity contribution < 1.29 is 19.4 Å². The SMILES string of the molecule is COC(=O)C(CO)NC(=O)c1cnc2c(c1)c(C)nn2C. The zero-order valence-electron chi connectivity index (χ0n) is 12.0. The van der Waals surface area contributed by atoms with E-state index in [1.807, 2.05) is 6.92 Å². The predicted molar refractivity (Wildman–Crippen MR) is 73.6 cm³/mol. The Hall–Kier alpha value is -2.48. The number of aryl methyl sites for hydroxylation is 2. The highest BCUT2D eigenvalue weighted by Gasteiger charge is 2.21. The Bertz CT molecular complexity index is 695. The van der Waals surface area contributed by atoms with Gasteiger partial charge in [0, 0.05) is 18.6 Å². The molecule has 112 valence electrons. The molecule has 8 nitrogen and oxygen atoms in total. The minimum atomic E-state index is -1.10. The minimum Gasteiger partial charge on any atom is -0.467 e. The molecule has 1 amide bonds. The van der Waals surface area contributed by atoms with Crippen molar-refractivity contribution >= 4 is 22.9 Å². The summed E-state index contributed by atoms with van der Waals surface area (Å²) in [6, 6.07) is 0.541. The fourth-order valence-electron chi connectivity index (χ4n) is 2.00. The van der Waals surface area contributed by atoms with Crippen molar-refractivity contribution in [1.82, 2.24) is 20.1 Å². The maximum Gasteiger partial charge on any atom is 0.330 e. The Balaban J connectivity index is 2.27. The summed E-state index contributed by atoms with van der Waals surface area (Å²) in [5, 5.41) is 16.5. The van der Waals surface area contributed by atoms with Gasteiger partial charge in [-0.15, -0.1) is 0 Å². The number of rotatable bonds is 4. The molecule has 2 heterocycles. The largest absolute Gasteiger partial charge is 0.467 e. The van der Waals surface area contributed by atoms with E-state index in [1.54, 1.807) is 17.8 Å². The summed E-state index contributed by atoms with van der Waals surface area (Å²) in [4.78, 5) is 27.6. The number of hydrogen-bond acceptors (Lipinski definition) is 6. The molecule has 0 saturated heterocycles. The lowest BCUT2D eigenvalue weighted by molar-refractivity contribution is -0.143. The van der Waals surface area contributed by atoms with Gasteiger partial charge in [-0.3, -0.25) is 9.48 Å². The third-order valence-corrected chi connectivity index (χ3v) is 3.10. The quantitative estimate of drug-likeness (QED) is 0.739. The number of aliphatic hydroxyl groups is 1. The molecule has 1 atom stereocenters. The molecule has 0 fully saturated rings. The second-order valence-corrected chi connectivity index (χ2v) is 4.54. The van der Waals surface area contributed by atoms with Crippen LogP contribution in [0.4, 0.5) is 0 Å². The van der Waals surface area contributed by atoms with Crippen LogP contribution in [-0.4, -0.2) is 51.5 Å². The number of carbonyl (C=O) groups excluding carboxylic acids is 2. The average molecular weight is 292 g/mol. The Morgan fingerprint density at radius 3 is 2.86 bits per heavy atom. The average Bonchev–Trinajstić information content (AvgIpc) is 2.78. The number of amides is 1. The molecule has 1 unspecified atom stereocenters. The number of hydrogen-bond donors (Lipinski definition) is 2. The highest BCUT2D eigenvalue weighted by molar-refractivity contribution is 5.99. The molecule has 0 radical (unpaired) electrons. The van der Waals surface area contributed by atoms with Crippen molar-refractivity contribution in [1.29, 1.82) is 0 Å². The number of methoxy groups -OCH3 is 1. The summed E-state index contributed by atoms with van der Waals surface area (Å²) in [6.45, 7) is 1.27. The topological polar surface area (TPSA) is 106 Å². The Morgan fingerprint density at radius 2 is 2.24 bits per heavy atom. The number of esters is 1. The van der Waals surface area contributed by atoms with E-state index in [2.05, 4.69) is 20.1 Å². The molecular formula is C13H16N4O4. The molecule has 0 aliphatic rings. The first-order chi connectivity index (χ1) is 9.97. The van der Waals surface area contributed by atoms with Gasteiger partial charge in [-0.05, 0) is 13.0 Å². The van der Waals surface area contributed by atoms with Crippen LogP contribution in [0.15, 0.2) is 12.3 Å². The van der Waals surface area contributed by atoms with Gasteiger partial charge in [0.1, 0.15) is 0 Å². The van der Waals surface area contributed by atoms with E-state index in [-0.39, 0.29) is 5.56 Å². The van der Waals surface area contributed by atoms with Gasteiger partial charge in [0.05, 0.1) is 25.0 Å². The van der Waals surface area contributed by atoms with Gasteiger partial charge in [-0.25, -0.2) is 9.78 Å². The zero-order chi connectivity index (χ0) is 15.6. The molecule has 2 aromatic rings. The fraction of sp³-hybridized carbons (Fsp3) is 0.385. The second-order valence-electron chi connectivity index (χ2n) is 4.54. The third-order valence-electron chi connectivity index (χ3n) is 3.10. The van der Waals surface area contributed by atoms with Gasteiger partial charge >= 0.3 is 5.97 Å². The molecule has 21 heavy (non-hydrogen) atoms. The number of fused-ring (bicyclic) bond motifs is 1. The Labute approximate surface area is 120 Å². The molecule has 0 aliphatic heterocycles. The van der Waals surface area contributed by atoms with Crippen LogP contribution < -0.4 is 5.32 Å². The number of nitrogens with one attached hydrogen (secondary N) is 1. The number of pyridine rings is 1. The second kappa shape index (κ2) is 5.88. The Kier molecular flexibility index (Phi) is 4.18. The number of ether oxygens (including phenoxy) is 1. The van der Waals surface area contributed by atoms with Crippen LogP contribution in [0.25, 0.3) is 11.0 Å². The summed E-state index contributed by atoms with van der Waals surface area (Å²) in [5.74, 6) is -1.23.